The van der Waals surface area contributed by atoms with E-state index in [-0.39, 0.29) is 36.0 Å². The maximum absolute atomic E-state index is 12.8. The number of carbonyl (C=O) groups is 2. The Morgan fingerprint density at radius 1 is 1.32 bits per heavy atom. The quantitative estimate of drug-likeness (QED) is 0.729. The predicted molar refractivity (Wildman–Crippen MR) is 78.9 cm³/mol. The van der Waals surface area contributed by atoms with E-state index in [9.17, 15) is 9.59 Å². The first-order valence-corrected chi connectivity index (χ1v) is 8.31. The van der Waals surface area contributed by atoms with Gasteiger partial charge in [-0.2, -0.15) is 0 Å². The number of hydrogen-bond acceptors (Lipinski definition) is 5. The lowest BCUT2D eigenvalue weighted by Gasteiger charge is -2.35. The van der Waals surface area contributed by atoms with Crippen LogP contribution in [0.3, 0.4) is 0 Å². The van der Waals surface area contributed by atoms with Crippen molar-refractivity contribution >= 4 is 11.9 Å². The van der Waals surface area contributed by atoms with E-state index in [2.05, 4.69) is 13.8 Å². The SMILES string of the molecule is CC(C)CC(C)(C(=O)OC1C2CC3C(=O)OC1C3O2)C(C)C. The van der Waals surface area contributed by atoms with Gasteiger partial charge in [-0.1, -0.05) is 27.7 Å². The van der Waals surface area contributed by atoms with Crippen LogP contribution in [0.15, 0.2) is 0 Å². The average Bonchev–Trinajstić information content (AvgIpc) is 3.02. The summed E-state index contributed by atoms with van der Waals surface area (Å²) in [4.78, 5) is 24.5. The molecule has 0 aromatic rings. The summed E-state index contributed by atoms with van der Waals surface area (Å²) < 4.78 is 17.0. The van der Waals surface area contributed by atoms with Crippen LogP contribution in [0.1, 0.15) is 47.5 Å². The van der Waals surface area contributed by atoms with E-state index in [4.69, 9.17) is 14.2 Å². The fourth-order valence-corrected chi connectivity index (χ4v) is 4.04. The van der Waals surface area contributed by atoms with Gasteiger partial charge < -0.3 is 14.2 Å². The van der Waals surface area contributed by atoms with Crippen molar-refractivity contribution in [2.24, 2.45) is 23.2 Å². The second kappa shape index (κ2) is 5.22. The molecular weight excluding hydrogens is 284 g/mol. The van der Waals surface area contributed by atoms with Gasteiger partial charge in [-0.25, -0.2) is 0 Å². The number of hydrogen-bond donors (Lipinski definition) is 0. The normalized spacial score (nSPS) is 38.5. The van der Waals surface area contributed by atoms with Crippen molar-refractivity contribution in [1.29, 1.82) is 0 Å². The maximum atomic E-state index is 12.8. The van der Waals surface area contributed by atoms with Gasteiger partial charge in [0.15, 0.2) is 12.2 Å². The summed E-state index contributed by atoms with van der Waals surface area (Å²) in [6.45, 7) is 10.3. The summed E-state index contributed by atoms with van der Waals surface area (Å²) in [6.07, 6.45) is 0.136. The zero-order valence-corrected chi connectivity index (χ0v) is 14.0. The fourth-order valence-electron chi connectivity index (χ4n) is 4.04. The largest absolute Gasteiger partial charge is 0.455 e. The zero-order valence-electron chi connectivity index (χ0n) is 14.0. The topological polar surface area (TPSA) is 61.8 Å². The third kappa shape index (κ3) is 2.25. The molecule has 6 atom stereocenters. The molecule has 3 fully saturated rings. The lowest BCUT2D eigenvalue weighted by molar-refractivity contribution is -0.173. The second-order valence-corrected chi connectivity index (χ2v) is 7.92. The fraction of sp³-hybridized carbons (Fsp3) is 0.882. The summed E-state index contributed by atoms with van der Waals surface area (Å²) >= 11 is 0. The molecule has 5 heteroatoms. The number of carbonyl (C=O) groups excluding carboxylic acids is 2. The number of rotatable bonds is 5. The minimum Gasteiger partial charge on any atom is -0.455 e. The summed E-state index contributed by atoms with van der Waals surface area (Å²) in [5, 5.41) is 0. The molecule has 0 amide bonds. The highest BCUT2D eigenvalue weighted by Crippen LogP contribution is 2.48. The molecule has 0 aromatic carbocycles. The lowest BCUT2D eigenvalue weighted by Crippen LogP contribution is -2.45. The molecule has 22 heavy (non-hydrogen) atoms. The van der Waals surface area contributed by atoms with Crippen LogP contribution >= 0.6 is 0 Å². The van der Waals surface area contributed by atoms with Crippen LogP contribution in [0.2, 0.25) is 0 Å². The van der Waals surface area contributed by atoms with Crippen molar-refractivity contribution in [2.45, 2.75) is 71.9 Å². The Hall–Kier alpha value is -1.10. The molecular formula is C17H26O5. The Bertz CT molecular complexity index is 485. The van der Waals surface area contributed by atoms with Crippen molar-refractivity contribution < 1.29 is 23.8 Å². The van der Waals surface area contributed by atoms with Gasteiger partial charge in [0, 0.05) is 0 Å². The number of fused-ring (bicyclic) bond motifs is 1. The summed E-state index contributed by atoms with van der Waals surface area (Å²) in [5.41, 5.74) is -0.530. The molecule has 3 aliphatic heterocycles. The number of esters is 2. The van der Waals surface area contributed by atoms with Gasteiger partial charge in [-0.05, 0) is 31.6 Å². The molecule has 3 heterocycles. The molecule has 124 valence electrons. The molecule has 2 bridgehead atoms. The zero-order chi connectivity index (χ0) is 16.2. The lowest BCUT2D eigenvalue weighted by atomic mass is 9.73. The Kier molecular flexibility index (Phi) is 3.75. The van der Waals surface area contributed by atoms with Crippen LogP contribution in [-0.4, -0.2) is 36.4 Å². The van der Waals surface area contributed by atoms with E-state index in [0.29, 0.717) is 12.3 Å². The summed E-state index contributed by atoms with van der Waals surface area (Å²) in [7, 11) is 0. The van der Waals surface area contributed by atoms with Gasteiger partial charge in [0.1, 0.15) is 6.10 Å². The van der Waals surface area contributed by atoms with Crippen LogP contribution in [0.5, 0.6) is 0 Å². The standard InChI is InChI=1S/C17H26O5/c1-8(2)7-17(5,9(3)4)16(19)22-13-11-6-10-12(20-11)14(13)21-15(10)18/h8-14H,6-7H2,1-5H3. The third-order valence-electron chi connectivity index (χ3n) is 5.60. The highest BCUT2D eigenvalue weighted by Gasteiger charge is 2.65. The molecule has 5 nitrogen and oxygen atoms in total. The number of ether oxygens (including phenoxy) is 3. The summed E-state index contributed by atoms with van der Waals surface area (Å²) in [5.74, 6) is 0.0319. The van der Waals surface area contributed by atoms with Crippen LogP contribution in [-0.2, 0) is 23.8 Å². The average molecular weight is 310 g/mol. The monoisotopic (exact) mass is 310 g/mol. The second-order valence-electron chi connectivity index (χ2n) is 7.92. The highest BCUT2D eigenvalue weighted by molar-refractivity contribution is 5.79. The minimum absolute atomic E-state index is 0.155. The molecule has 0 aliphatic carbocycles. The summed E-state index contributed by atoms with van der Waals surface area (Å²) in [6, 6.07) is 0. The van der Waals surface area contributed by atoms with E-state index in [1.165, 1.54) is 0 Å². The van der Waals surface area contributed by atoms with Gasteiger partial charge in [0.25, 0.3) is 0 Å². The molecule has 6 unspecified atom stereocenters. The van der Waals surface area contributed by atoms with Crippen molar-refractivity contribution in [1.82, 2.24) is 0 Å². The first kappa shape index (κ1) is 15.8. The molecule has 0 radical (unpaired) electrons. The van der Waals surface area contributed by atoms with E-state index < -0.39 is 17.6 Å². The molecule has 0 spiro atoms. The maximum Gasteiger partial charge on any atom is 0.312 e. The Labute approximate surface area is 131 Å². The Morgan fingerprint density at radius 2 is 2.00 bits per heavy atom. The van der Waals surface area contributed by atoms with E-state index in [0.717, 1.165) is 6.42 Å². The molecule has 3 aliphatic rings. The van der Waals surface area contributed by atoms with Crippen LogP contribution < -0.4 is 0 Å². The van der Waals surface area contributed by atoms with Gasteiger partial charge >= 0.3 is 11.9 Å². The van der Waals surface area contributed by atoms with Crippen molar-refractivity contribution in [2.75, 3.05) is 0 Å². The smallest absolute Gasteiger partial charge is 0.312 e. The van der Waals surface area contributed by atoms with Gasteiger partial charge in [-0.3, -0.25) is 9.59 Å². The van der Waals surface area contributed by atoms with Crippen molar-refractivity contribution in [3.05, 3.63) is 0 Å². The van der Waals surface area contributed by atoms with Gasteiger partial charge in [-0.15, -0.1) is 0 Å². The highest BCUT2D eigenvalue weighted by atomic mass is 16.7. The molecule has 0 saturated carbocycles. The Morgan fingerprint density at radius 3 is 2.59 bits per heavy atom. The van der Waals surface area contributed by atoms with Crippen molar-refractivity contribution in [3.63, 3.8) is 0 Å². The molecule has 3 rings (SSSR count). The molecule has 3 saturated heterocycles. The minimum atomic E-state index is -0.530. The predicted octanol–water partition coefficient (Wildman–Crippen LogP) is 2.32. The first-order valence-electron chi connectivity index (χ1n) is 8.31. The van der Waals surface area contributed by atoms with Crippen LogP contribution in [0.25, 0.3) is 0 Å². The third-order valence-corrected chi connectivity index (χ3v) is 5.60. The molecule has 0 N–H and O–H groups in total. The van der Waals surface area contributed by atoms with Crippen molar-refractivity contribution in [3.8, 4) is 0 Å². The molecule has 0 aromatic heterocycles. The van der Waals surface area contributed by atoms with E-state index in [1.54, 1.807) is 0 Å². The van der Waals surface area contributed by atoms with E-state index >= 15 is 0 Å². The van der Waals surface area contributed by atoms with Gasteiger partial charge in [0.2, 0.25) is 0 Å². The van der Waals surface area contributed by atoms with Crippen LogP contribution in [0.4, 0.5) is 0 Å². The van der Waals surface area contributed by atoms with Gasteiger partial charge in [0.05, 0.1) is 17.4 Å². The van der Waals surface area contributed by atoms with E-state index in [1.807, 2.05) is 20.8 Å². The Balaban J connectivity index is 1.73. The first-order chi connectivity index (χ1) is 10.2. The van der Waals surface area contributed by atoms with Crippen LogP contribution in [0, 0.1) is 23.2 Å².